The van der Waals surface area contributed by atoms with E-state index in [1.807, 2.05) is 31.2 Å². The van der Waals surface area contributed by atoms with Crippen LogP contribution in [-0.2, 0) is 11.3 Å². The lowest BCUT2D eigenvalue weighted by molar-refractivity contribution is 0.0525. The minimum atomic E-state index is -0.509. The van der Waals surface area contributed by atoms with Crippen molar-refractivity contribution in [2.45, 2.75) is 40.2 Å². The van der Waals surface area contributed by atoms with Gasteiger partial charge in [0.2, 0.25) is 0 Å². The molecule has 3 aromatic rings. The summed E-state index contributed by atoms with van der Waals surface area (Å²) in [6.07, 6.45) is 2.03. The Morgan fingerprint density at radius 1 is 1.10 bits per heavy atom. The standard InChI is InChI=1S/C24H27NO5/c1-4-6-11-29-23-16(3)22(25-21-10-8-7-9-20(21)23)15-30-19-13-17(12-18(26)14-19)24(27)28-5-2/h7-10,12-14,26H,4-6,11,15H2,1-3H3. The molecule has 1 N–H and O–H groups in total. The number of esters is 1. The predicted molar refractivity (Wildman–Crippen MR) is 115 cm³/mol. The molecule has 0 aliphatic heterocycles. The number of phenolic OH excluding ortho intramolecular Hbond substituents is 1. The summed E-state index contributed by atoms with van der Waals surface area (Å²) in [7, 11) is 0. The van der Waals surface area contributed by atoms with E-state index in [0.717, 1.165) is 40.8 Å². The van der Waals surface area contributed by atoms with E-state index in [1.165, 1.54) is 12.1 Å². The minimum absolute atomic E-state index is 0.0673. The van der Waals surface area contributed by atoms with E-state index >= 15 is 0 Å². The first kappa shape index (κ1) is 21.4. The molecule has 0 saturated carbocycles. The van der Waals surface area contributed by atoms with Crippen molar-refractivity contribution in [3.63, 3.8) is 0 Å². The smallest absolute Gasteiger partial charge is 0.338 e. The summed E-state index contributed by atoms with van der Waals surface area (Å²) in [5, 5.41) is 10.9. The third kappa shape index (κ3) is 5.00. The summed E-state index contributed by atoms with van der Waals surface area (Å²) in [5.74, 6) is 0.601. The summed E-state index contributed by atoms with van der Waals surface area (Å²) in [4.78, 5) is 16.7. The number of hydrogen-bond acceptors (Lipinski definition) is 6. The molecule has 3 rings (SSSR count). The zero-order chi connectivity index (χ0) is 21.5. The highest BCUT2D eigenvalue weighted by Crippen LogP contribution is 2.31. The highest BCUT2D eigenvalue weighted by molar-refractivity contribution is 5.90. The predicted octanol–water partition coefficient (Wildman–Crippen LogP) is 5.18. The maximum Gasteiger partial charge on any atom is 0.338 e. The van der Waals surface area contributed by atoms with Crippen molar-refractivity contribution in [1.82, 2.24) is 4.98 Å². The number of aromatic hydroxyl groups is 1. The third-order valence-corrected chi connectivity index (χ3v) is 4.70. The van der Waals surface area contributed by atoms with Crippen LogP contribution >= 0.6 is 0 Å². The number of fused-ring (bicyclic) bond motifs is 1. The summed E-state index contributed by atoms with van der Waals surface area (Å²) in [5.41, 5.74) is 2.71. The van der Waals surface area contributed by atoms with Crippen LogP contribution in [0.5, 0.6) is 17.2 Å². The van der Waals surface area contributed by atoms with Crippen molar-refractivity contribution in [1.29, 1.82) is 0 Å². The molecular weight excluding hydrogens is 382 g/mol. The Hall–Kier alpha value is -3.28. The number of benzene rings is 2. The minimum Gasteiger partial charge on any atom is -0.508 e. The van der Waals surface area contributed by atoms with Gasteiger partial charge in [-0.2, -0.15) is 0 Å². The van der Waals surface area contributed by atoms with Crippen molar-refractivity contribution < 1.29 is 24.1 Å². The number of rotatable bonds is 9. The van der Waals surface area contributed by atoms with Crippen molar-refractivity contribution in [2.24, 2.45) is 0 Å². The van der Waals surface area contributed by atoms with Gasteiger partial charge in [-0.3, -0.25) is 0 Å². The summed E-state index contributed by atoms with van der Waals surface area (Å²) >= 11 is 0. The molecular formula is C24H27NO5. The van der Waals surface area contributed by atoms with Gasteiger partial charge in [0.25, 0.3) is 0 Å². The molecule has 0 atom stereocenters. The summed E-state index contributed by atoms with van der Waals surface area (Å²) in [6.45, 7) is 6.89. The number of ether oxygens (including phenoxy) is 3. The molecule has 0 amide bonds. The molecule has 0 aliphatic carbocycles. The van der Waals surface area contributed by atoms with Gasteiger partial charge in [-0.15, -0.1) is 0 Å². The fourth-order valence-corrected chi connectivity index (χ4v) is 3.12. The fourth-order valence-electron chi connectivity index (χ4n) is 3.12. The van der Waals surface area contributed by atoms with Gasteiger partial charge >= 0.3 is 5.97 Å². The van der Waals surface area contributed by atoms with Crippen LogP contribution < -0.4 is 9.47 Å². The van der Waals surface area contributed by atoms with E-state index in [9.17, 15) is 9.90 Å². The molecule has 30 heavy (non-hydrogen) atoms. The monoisotopic (exact) mass is 409 g/mol. The Bertz CT molecular complexity index is 1030. The lowest BCUT2D eigenvalue weighted by Gasteiger charge is -2.16. The van der Waals surface area contributed by atoms with Crippen LogP contribution in [0.25, 0.3) is 10.9 Å². The second kappa shape index (κ2) is 9.96. The topological polar surface area (TPSA) is 77.9 Å². The van der Waals surface area contributed by atoms with E-state index in [0.29, 0.717) is 12.4 Å². The summed E-state index contributed by atoms with van der Waals surface area (Å²) in [6, 6.07) is 12.2. The van der Waals surface area contributed by atoms with Crippen LogP contribution in [0.2, 0.25) is 0 Å². The molecule has 6 heteroatoms. The lowest BCUT2D eigenvalue weighted by Crippen LogP contribution is -2.07. The highest BCUT2D eigenvalue weighted by atomic mass is 16.5. The molecule has 0 unspecified atom stereocenters. The molecule has 1 heterocycles. The molecule has 0 bridgehead atoms. The van der Waals surface area contributed by atoms with Crippen LogP contribution in [0.3, 0.4) is 0 Å². The first-order valence-corrected chi connectivity index (χ1v) is 10.2. The molecule has 0 spiro atoms. The van der Waals surface area contributed by atoms with Gasteiger partial charge in [-0.05, 0) is 44.5 Å². The number of hydrogen-bond donors (Lipinski definition) is 1. The average Bonchev–Trinajstić information content (AvgIpc) is 2.74. The Morgan fingerprint density at radius 3 is 2.67 bits per heavy atom. The number of carbonyl (C=O) groups excluding carboxylic acids is 1. The Balaban J connectivity index is 1.87. The van der Waals surface area contributed by atoms with E-state index in [4.69, 9.17) is 19.2 Å². The van der Waals surface area contributed by atoms with Crippen LogP contribution in [0, 0.1) is 6.92 Å². The fraction of sp³-hybridized carbons (Fsp3) is 0.333. The Labute approximate surface area is 176 Å². The quantitative estimate of drug-likeness (QED) is 0.387. The zero-order valence-electron chi connectivity index (χ0n) is 17.6. The Morgan fingerprint density at radius 2 is 1.90 bits per heavy atom. The number of phenols is 1. The molecule has 0 radical (unpaired) electrons. The molecule has 158 valence electrons. The van der Waals surface area contributed by atoms with E-state index < -0.39 is 5.97 Å². The SMILES string of the molecule is CCCCOc1c(C)c(COc2cc(O)cc(C(=O)OCC)c2)nc2ccccc12. The number of unbranched alkanes of at least 4 members (excludes halogenated alkanes) is 1. The largest absolute Gasteiger partial charge is 0.508 e. The third-order valence-electron chi connectivity index (χ3n) is 4.70. The number of aromatic nitrogens is 1. The van der Waals surface area contributed by atoms with Crippen molar-refractivity contribution in [3.8, 4) is 17.2 Å². The first-order valence-electron chi connectivity index (χ1n) is 10.2. The molecule has 0 aliphatic rings. The maximum absolute atomic E-state index is 12.0. The first-order chi connectivity index (χ1) is 14.5. The van der Waals surface area contributed by atoms with E-state index in [2.05, 4.69) is 6.92 Å². The van der Waals surface area contributed by atoms with Gasteiger partial charge in [-0.1, -0.05) is 25.5 Å². The van der Waals surface area contributed by atoms with Gasteiger partial charge in [0.05, 0.1) is 30.0 Å². The van der Waals surface area contributed by atoms with E-state index in [1.54, 1.807) is 13.0 Å². The van der Waals surface area contributed by atoms with E-state index in [-0.39, 0.29) is 24.5 Å². The van der Waals surface area contributed by atoms with Gasteiger partial charge in [0, 0.05) is 17.0 Å². The van der Waals surface area contributed by atoms with Gasteiger partial charge in [0.15, 0.2) is 0 Å². The van der Waals surface area contributed by atoms with Crippen LogP contribution in [0.4, 0.5) is 0 Å². The van der Waals surface area contributed by atoms with Gasteiger partial charge in [0.1, 0.15) is 23.9 Å². The number of carbonyl (C=O) groups is 1. The maximum atomic E-state index is 12.0. The van der Waals surface area contributed by atoms with Crippen molar-refractivity contribution in [2.75, 3.05) is 13.2 Å². The van der Waals surface area contributed by atoms with Gasteiger partial charge < -0.3 is 19.3 Å². The second-order valence-electron chi connectivity index (χ2n) is 6.96. The molecule has 2 aromatic carbocycles. The average molecular weight is 409 g/mol. The van der Waals surface area contributed by atoms with Crippen molar-refractivity contribution in [3.05, 3.63) is 59.3 Å². The number of nitrogens with zero attached hydrogens (tertiary/aromatic N) is 1. The van der Waals surface area contributed by atoms with Crippen molar-refractivity contribution >= 4 is 16.9 Å². The Kier molecular flexibility index (Phi) is 7.12. The molecule has 0 fully saturated rings. The van der Waals surface area contributed by atoms with Crippen LogP contribution in [0.15, 0.2) is 42.5 Å². The second-order valence-corrected chi connectivity index (χ2v) is 6.96. The normalized spacial score (nSPS) is 10.8. The van der Waals surface area contributed by atoms with Gasteiger partial charge in [-0.25, -0.2) is 9.78 Å². The van der Waals surface area contributed by atoms with Crippen LogP contribution in [0.1, 0.15) is 48.3 Å². The number of para-hydroxylation sites is 1. The van der Waals surface area contributed by atoms with Crippen LogP contribution in [-0.4, -0.2) is 29.3 Å². The summed E-state index contributed by atoms with van der Waals surface area (Å²) < 4.78 is 16.9. The molecule has 1 aromatic heterocycles. The molecule has 0 saturated heterocycles. The zero-order valence-corrected chi connectivity index (χ0v) is 17.6. The highest BCUT2D eigenvalue weighted by Gasteiger charge is 2.15. The number of pyridine rings is 1. The lowest BCUT2D eigenvalue weighted by atomic mass is 10.1. The molecule has 6 nitrogen and oxygen atoms in total.